The van der Waals surface area contributed by atoms with Gasteiger partial charge in [0.1, 0.15) is 0 Å². The quantitative estimate of drug-likeness (QED) is 0.826. The van der Waals surface area contributed by atoms with Crippen molar-refractivity contribution in [3.8, 4) is 0 Å². The lowest BCUT2D eigenvalue weighted by Gasteiger charge is -2.34. The first-order chi connectivity index (χ1) is 9.71. The molecular weight excluding hydrogens is 292 g/mol. The summed E-state index contributed by atoms with van der Waals surface area (Å²) in [5, 5.41) is 9.20. The Labute approximate surface area is 124 Å². The maximum atomic E-state index is 12.8. The van der Waals surface area contributed by atoms with Crippen molar-refractivity contribution < 1.29 is 18.3 Å². The summed E-state index contributed by atoms with van der Waals surface area (Å²) in [7, 11) is -3.85. The number of piperidine rings is 1. The van der Waals surface area contributed by atoms with E-state index >= 15 is 0 Å². The monoisotopic (exact) mass is 312 g/mol. The Kier molecular flexibility index (Phi) is 4.25. The summed E-state index contributed by atoms with van der Waals surface area (Å²) in [6.07, 6.45) is 0.967. The van der Waals surface area contributed by atoms with E-state index in [1.54, 1.807) is 0 Å². The van der Waals surface area contributed by atoms with Gasteiger partial charge in [-0.1, -0.05) is 13.8 Å². The lowest BCUT2D eigenvalue weighted by Crippen LogP contribution is -2.42. The van der Waals surface area contributed by atoms with Gasteiger partial charge in [-0.25, -0.2) is 13.2 Å². The molecule has 0 bridgehead atoms. The van der Waals surface area contributed by atoms with E-state index in [1.807, 2.05) is 13.8 Å². The average molecular weight is 312 g/mol. The highest BCUT2D eigenvalue weighted by atomic mass is 32.2. The molecule has 0 radical (unpaired) electrons. The van der Waals surface area contributed by atoms with Gasteiger partial charge in [-0.3, -0.25) is 0 Å². The van der Waals surface area contributed by atoms with Gasteiger partial charge in [-0.05, 0) is 36.5 Å². The summed E-state index contributed by atoms with van der Waals surface area (Å²) in [6.45, 7) is 4.80. The van der Waals surface area contributed by atoms with E-state index in [0.717, 1.165) is 6.42 Å². The molecule has 0 aromatic heterocycles. The third-order valence-corrected chi connectivity index (χ3v) is 5.56. The number of anilines is 1. The minimum atomic E-state index is -3.85. The fourth-order valence-electron chi connectivity index (χ4n) is 2.87. The Hall–Kier alpha value is -1.60. The van der Waals surface area contributed by atoms with Crippen LogP contribution in [0.5, 0.6) is 0 Å². The Bertz CT molecular complexity index is 647. The summed E-state index contributed by atoms with van der Waals surface area (Å²) < 4.78 is 26.9. The topological polar surface area (TPSA) is 101 Å². The zero-order valence-electron chi connectivity index (χ0n) is 12.1. The van der Waals surface area contributed by atoms with Crippen LogP contribution >= 0.6 is 0 Å². The van der Waals surface area contributed by atoms with Gasteiger partial charge in [0.2, 0.25) is 10.0 Å². The van der Waals surface area contributed by atoms with Crippen molar-refractivity contribution in [2.24, 2.45) is 11.8 Å². The molecule has 0 spiro atoms. The molecule has 1 fully saturated rings. The van der Waals surface area contributed by atoms with Crippen molar-refractivity contribution in [1.82, 2.24) is 4.31 Å². The van der Waals surface area contributed by atoms with Crippen LogP contribution in [0, 0.1) is 11.8 Å². The van der Waals surface area contributed by atoms with Crippen molar-refractivity contribution in [2.75, 3.05) is 18.8 Å². The van der Waals surface area contributed by atoms with Crippen LogP contribution < -0.4 is 5.73 Å². The normalized spacial score (nSPS) is 23.9. The number of nitrogens with zero attached hydrogens (tertiary/aromatic N) is 1. The maximum Gasteiger partial charge on any atom is 0.337 e. The number of aromatic carboxylic acids is 1. The zero-order chi connectivity index (χ0) is 15.8. The van der Waals surface area contributed by atoms with Gasteiger partial charge in [-0.15, -0.1) is 0 Å². The molecule has 2 rings (SSSR count). The number of carboxylic acid groups (broad SMARTS) is 1. The molecule has 2 unspecified atom stereocenters. The van der Waals surface area contributed by atoms with E-state index in [-0.39, 0.29) is 28.0 Å². The molecule has 2 atom stereocenters. The van der Waals surface area contributed by atoms with Crippen molar-refractivity contribution >= 4 is 21.7 Å². The van der Waals surface area contributed by atoms with E-state index in [2.05, 4.69) is 0 Å². The number of carbonyl (C=O) groups is 1. The third kappa shape index (κ3) is 3.19. The summed E-state index contributed by atoms with van der Waals surface area (Å²) in [5.74, 6) is -0.776. The molecule has 7 heteroatoms. The van der Waals surface area contributed by atoms with Crippen LogP contribution in [0.2, 0.25) is 0 Å². The fourth-order valence-corrected chi connectivity index (χ4v) is 4.77. The van der Waals surface area contributed by atoms with Gasteiger partial charge in [0.05, 0.1) is 10.5 Å². The summed E-state index contributed by atoms with van der Waals surface area (Å²) in [5.41, 5.74) is 5.62. The zero-order valence-corrected chi connectivity index (χ0v) is 12.9. The Morgan fingerprint density at radius 1 is 1.29 bits per heavy atom. The van der Waals surface area contributed by atoms with Gasteiger partial charge in [0, 0.05) is 18.8 Å². The van der Waals surface area contributed by atoms with Crippen LogP contribution in [-0.4, -0.2) is 36.9 Å². The van der Waals surface area contributed by atoms with E-state index in [4.69, 9.17) is 5.73 Å². The van der Waals surface area contributed by atoms with Gasteiger partial charge >= 0.3 is 5.97 Å². The number of hydrogen-bond acceptors (Lipinski definition) is 4. The third-order valence-electron chi connectivity index (χ3n) is 3.69. The second-order valence-electron chi connectivity index (χ2n) is 5.83. The first kappa shape index (κ1) is 15.8. The molecule has 1 aromatic carbocycles. The molecule has 0 aliphatic carbocycles. The number of carboxylic acids is 1. The minimum Gasteiger partial charge on any atom is -0.478 e. The van der Waals surface area contributed by atoms with Gasteiger partial charge in [0.15, 0.2) is 0 Å². The molecule has 0 saturated carbocycles. The molecule has 21 heavy (non-hydrogen) atoms. The van der Waals surface area contributed by atoms with Crippen LogP contribution in [-0.2, 0) is 10.0 Å². The second kappa shape index (κ2) is 5.65. The lowest BCUT2D eigenvalue weighted by atomic mass is 9.94. The lowest BCUT2D eigenvalue weighted by molar-refractivity contribution is 0.0692. The first-order valence-corrected chi connectivity index (χ1v) is 8.28. The molecule has 1 aliphatic heterocycles. The molecule has 1 saturated heterocycles. The van der Waals surface area contributed by atoms with Gasteiger partial charge in [0.25, 0.3) is 0 Å². The fraction of sp³-hybridized carbons (Fsp3) is 0.500. The molecule has 1 heterocycles. The van der Waals surface area contributed by atoms with Crippen LogP contribution in [0.4, 0.5) is 5.69 Å². The van der Waals surface area contributed by atoms with Gasteiger partial charge in [-0.2, -0.15) is 4.31 Å². The standard InChI is InChI=1S/C14H20N2O4S/c1-9-5-10(2)8-16(7-9)21(19,20)13-6-11(15)3-4-12(13)14(17)18/h3-4,6,9-10H,5,7-8,15H2,1-2H3,(H,17,18). The summed E-state index contributed by atoms with van der Waals surface area (Å²) in [4.78, 5) is 11.0. The highest BCUT2D eigenvalue weighted by molar-refractivity contribution is 7.89. The van der Waals surface area contributed by atoms with Crippen molar-refractivity contribution in [3.05, 3.63) is 23.8 Å². The van der Waals surface area contributed by atoms with Crippen LogP contribution in [0.3, 0.4) is 0 Å². The molecule has 1 aliphatic rings. The van der Waals surface area contributed by atoms with E-state index < -0.39 is 16.0 Å². The largest absolute Gasteiger partial charge is 0.478 e. The van der Waals surface area contributed by atoms with E-state index in [1.165, 1.54) is 22.5 Å². The van der Waals surface area contributed by atoms with Crippen molar-refractivity contribution in [2.45, 2.75) is 25.2 Å². The number of nitrogen functional groups attached to an aromatic ring is 1. The van der Waals surface area contributed by atoms with E-state index in [9.17, 15) is 18.3 Å². The summed E-state index contributed by atoms with van der Waals surface area (Å²) in [6, 6.07) is 3.86. The molecule has 1 aromatic rings. The number of benzene rings is 1. The smallest absolute Gasteiger partial charge is 0.337 e. The van der Waals surface area contributed by atoms with Crippen LogP contribution in [0.15, 0.2) is 23.1 Å². The highest BCUT2D eigenvalue weighted by Crippen LogP contribution is 2.29. The number of rotatable bonds is 3. The van der Waals surface area contributed by atoms with Gasteiger partial charge < -0.3 is 10.8 Å². The molecule has 6 nitrogen and oxygen atoms in total. The summed E-state index contributed by atoms with van der Waals surface area (Å²) >= 11 is 0. The first-order valence-electron chi connectivity index (χ1n) is 6.84. The SMILES string of the molecule is CC1CC(C)CN(S(=O)(=O)c2cc(N)ccc2C(=O)O)C1. The van der Waals surface area contributed by atoms with E-state index in [0.29, 0.717) is 13.1 Å². The van der Waals surface area contributed by atoms with Crippen LogP contribution in [0.25, 0.3) is 0 Å². The van der Waals surface area contributed by atoms with Crippen molar-refractivity contribution in [3.63, 3.8) is 0 Å². The minimum absolute atomic E-state index is 0.226. The molecule has 116 valence electrons. The second-order valence-corrected chi connectivity index (χ2v) is 7.74. The Morgan fingerprint density at radius 2 is 1.86 bits per heavy atom. The Morgan fingerprint density at radius 3 is 2.38 bits per heavy atom. The van der Waals surface area contributed by atoms with Crippen molar-refractivity contribution in [1.29, 1.82) is 0 Å². The predicted octanol–water partition coefficient (Wildman–Crippen LogP) is 1.63. The molecule has 0 amide bonds. The van der Waals surface area contributed by atoms with Crippen LogP contribution in [0.1, 0.15) is 30.6 Å². The maximum absolute atomic E-state index is 12.8. The molecule has 3 N–H and O–H groups in total. The number of sulfonamides is 1. The Balaban J connectivity index is 2.49. The number of nitrogens with two attached hydrogens (primary N) is 1. The molecular formula is C14H20N2O4S. The highest BCUT2D eigenvalue weighted by Gasteiger charge is 2.34. The predicted molar refractivity (Wildman–Crippen MR) is 79.5 cm³/mol. The number of hydrogen-bond donors (Lipinski definition) is 2. The average Bonchev–Trinajstić information content (AvgIpc) is 2.37.